The summed E-state index contributed by atoms with van der Waals surface area (Å²) in [5, 5.41) is 2.66. The summed E-state index contributed by atoms with van der Waals surface area (Å²) in [5.74, 6) is 1.01. The van der Waals surface area contributed by atoms with Crippen molar-refractivity contribution >= 4 is 65.6 Å². The van der Waals surface area contributed by atoms with Gasteiger partial charge in [-0.25, -0.2) is 0 Å². The van der Waals surface area contributed by atoms with Crippen molar-refractivity contribution in [2.24, 2.45) is 11.8 Å². The smallest absolute Gasteiger partial charge is 0.0505 e. The Hall–Kier alpha value is -7.98. The number of fused-ring (bicyclic) bond motifs is 5. The van der Waals surface area contributed by atoms with Crippen LogP contribution in [0.2, 0.25) is 0 Å². The van der Waals surface area contributed by atoms with E-state index in [9.17, 15) is 0 Å². The van der Waals surface area contributed by atoms with Crippen molar-refractivity contribution in [3.8, 4) is 33.4 Å². The molecule has 0 aliphatic heterocycles. The molecule has 3 heteroatoms. The highest BCUT2D eigenvalue weighted by molar-refractivity contribution is 7.25. The van der Waals surface area contributed by atoms with Crippen molar-refractivity contribution in [3.05, 3.63) is 265 Å². The summed E-state index contributed by atoms with van der Waals surface area (Å²) in [4.78, 5) is 5.15. The summed E-state index contributed by atoms with van der Waals surface area (Å²) < 4.78 is 2.65. The molecule has 3 atom stereocenters. The van der Waals surface area contributed by atoms with Crippen molar-refractivity contribution in [2.75, 3.05) is 9.80 Å². The first-order valence-corrected chi connectivity index (χ1v) is 25.7. The van der Waals surface area contributed by atoms with Crippen LogP contribution in [0.25, 0.3) is 53.6 Å². The molecule has 2 nitrogen and oxygen atoms in total. The molecule has 0 saturated heterocycles. The largest absolute Gasteiger partial charge is 0.310 e. The van der Waals surface area contributed by atoms with E-state index in [1.807, 2.05) is 11.3 Å². The average Bonchev–Trinajstić information content (AvgIpc) is 4.17. The predicted molar refractivity (Wildman–Crippen MR) is 296 cm³/mol. The van der Waals surface area contributed by atoms with Gasteiger partial charge in [-0.1, -0.05) is 176 Å². The third-order valence-electron chi connectivity index (χ3n) is 15.9. The lowest BCUT2D eigenvalue weighted by atomic mass is 9.68. The fourth-order valence-electron chi connectivity index (χ4n) is 13.3. The van der Waals surface area contributed by atoms with E-state index in [1.54, 1.807) is 0 Å². The first-order valence-electron chi connectivity index (χ1n) is 24.9. The van der Waals surface area contributed by atoms with E-state index in [0.29, 0.717) is 11.8 Å². The molecule has 1 saturated carbocycles. The predicted octanol–water partition coefficient (Wildman–Crippen LogP) is 18.4. The van der Waals surface area contributed by atoms with Gasteiger partial charge in [-0.3, -0.25) is 0 Å². The van der Waals surface area contributed by atoms with Gasteiger partial charge in [0.1, 0.15) is 0 Å². The number of hydrogen-bond acceptors (Lipinski definition) is 3. The standard InChI is InChI=1S/C67H50N2S/c1-5-18-45(19-6-1)56-29-17-30-57(46-20-7-2-8-21-46)64(56)47-34-38-54(39-35-47)68(52-24-9-3-10-25-52)60-31-15-22-48-42-50-36-37-51-43-49-23-16-32-61(66(49)67(50,51)65(48)60)69(53-26-11-4-12-27-53)55-40-41-59-58-28-13-14-33-62(58)70-63(59)44-55/h1-35,38-41,44,50-51H,36-37,42-43H2. The third kappa shape index (κ3) is 6.38. The summed E-state index contributed by atoms with van der Waals surface area (Å²) in [7, 11) is 0. The zero-order valence-corrected chi connectivity index (χ0v) is 39.7. The molecule has 1 heterocycles. The second-order valence-corrected chi connectivity index (χ2v) is 20.6. The van der Waals surface area contributed by atoms with Crippen LogP contribution in [0.4, 0.5) is 34.1 Å². The van der Waals surface area contributed by atoms with Crippen molar-refractivity contribution < 1.29 is 0 Å². The molecule has 3 unspecified atom stereocenters. The van der Waals surface area contributed by atoms with Gasteiger partial charge in [0.2, 0.25) is 0 Å². The number of hydrogen-bond donors (Lipinski definition) is 0. The molecule has 334 valence electrons. The van der Waals surface area contributed by atoms with Crippen LogP contribution < -0.4 is 9.80 Å². The molecule has 10 aromatic carbocycles. The Bertz CT molecular complexity index is 3670. The number of nitrogens with zero attached hydrogens (tertiary/aromatic N) is 2. The summed E-state index contributed by atoms with van der Waals surface area (Å²) in [6, 6.07) is 90.5. The van der Waals surface area contributed by atoms with Gasteiger partial charge in [-0.2, -0.15) is 0 Å². The highest BCUT2D eigenvalue weighted by Crippen LogP contribution is 2.69. The molecule has 0 amide bonds. The zero-order chi connectivity index (χ0) is 46.2. The Morgan fingerprint density at radius 1 is 0.357 bits per heavy atom. The van der Waals surface area contributed by atoms with Gasteiger partial charge in [0.15, 0.2) is 0 Å². The Kier molecular flexibility index (Phi) is 9.74. The van der Waals surface area contributed by atoms with Gasteiger partial charge < -0.3 is 9.80 Å². The van der Waals surface area contributed by atoms with Crippen molar-refractivity contribution in [3.63, 3.8) is 0 Å². The minimum atomic E-state index is -0.154. The van der Waals surface area contributed by atoms with Crippen LogP contribution in [0.1, 0.15) is 35.1 Å². The zero-order valence-electron chi connectivity index (χ0n) is 38.9. The highest BCUT2D eigenvalue weighted by atomic mass is 32.1. The molecule has 1 fully saturated rings. The minimum absolute atomic E-state index is 0.154. The highest BCUT2D eigenvalue weighted by Gasteiger charge is 2.62. The van der Waals surface area contributed by atoms with Crippen LogP contribution in [0.15, 0.2) is 243 Å². The van der Waals surface area contributed by atoms with Crippen molar-refractivity contribution in [1.29, 1.82) is 0 Å². The number of rotatable bonds is 9. The molecule has 70 heavy (non-hydrogen) atoms. The first-order chi connectivity index (χ1) is 34.7. The monoisotopic (exact) mass is 914 g/mol. The maximum atomic E-state index is 2.58. The summed E-state index contributed by atoms with van der Waals surface area (Å²) in [5.41, 5.74) is 20.6. The van der Waals surface area contributed by atoms with Gasteiger partial charge in [0.25, 0.3) is 0 Å². The van der Waals surface area contributed by atoms with E-state index in [4.69, 9.17) is 0 Å². The Labute approximate surface area is 414 Å². The van der Waals surface area contributed by atoms with Crippen molar-refractivity contribution in [1.82, 2.24) is 0 Å². The Morgan fingerprint density at radius 3 is 1.39 bits per heavy atom. The SMILES string of the molecule is c1ccc(-c2cccc(-c3ccccc3)c2-c2ccc(N(c3ccccc3)c3cccc4c3C35c6c(cccc6N(c6ccccc6)c6ccc7c(c6)sc6ccccc67)CC3CCC5C4)cc2)cc1. The second-order valence-electron chi connectivity index (χ2n) is 19.5. The second kappa shape index (κ2) is 16.6. The number of benzene rings is 10. The van der Waals surface area contributed by atoms with Crippen LogP contribution in [-0.2, 0) is 18.3 Å². The maximum absolute atomic E-state index is 2.58. The number of para-hydroxylation sites is 2. The van der Waals surface area contributed by atoms with Gasteiger partial charge in [-0.15, -0.1) is 11.3 Å². The molecular weight excluding hydrogens is 865 g/mol. The van der Waals surface area contributed by atoms with Gasteiger partial charge in [0.05, 0.1) is 11.4 Å². The lowest BCUT2D eigenvalue weighted by molar-refractivity contribution is 0.350. The minimum Gasteiger partial charge on any atom is -0.310 e. The molecule has 3 aliphatic rings. The van der Waals surface area contributed by atoms with Crippen molar-refractivity contribution in [2.45, 2.75) is 31.1 Å². The molecule has 3 aliphatic carbocycles. The van der Waals surface area contributed by atoms with E-state index < -0.39 is 0 Å². The van der Waals surface area contributed by atoms with Crippen LogP contribution in [0.3, 0.4) is 0 Å². The van der Waals surface area contributed by atoms with Gasteiger partial charge >= 0.3 is 0 Å². The van der Waals surface area contributed by atoms with E-state index in [0.717, 1.165) is 18.5 Å². The van der Waals surface area contributed by atoms with Crippen LogP contribution >= 0.6 is 11.3 Å². The van der Waals surface area contributed by atoms with Gasteiger partial charge in [-0.05, 0) is 160 Å². The summed E-state index contributed by atoms with van der Waals surface area (Å²) in [6.07, 6.45) is 4.65. The lowest BCUT2D eigenvalue weighted by Gasteiger charge is -2.40. The molecular formula is C67H50N2S. The molecule has 1 aromatic heterocycles. The molecule has 0 radical (unpaired) electrons. The quantitative estimate of drug-likeness (QED) is 0.142. The summed E-state index contributed by atoms with van der Waals surface area (Å²) >= 11 is 1.90. The molecule has 0 N–H and O–H groups in total. The Balaban J connectivity index is 0.953. The molecule has 1 spiro atoms. The summed E-state index contributed by atoms with van der Waals surface area (Å²) in [6.45, 7) is 0. The normalized spacial score (nSPS) is 17.5. The first kappa shape index (κ1) is 41.0. The maximum Gasteiger partial charge on any atom is 0.0505 e. The molecule has 14 rings (SSSR count). The van der Waals surface area contributed by atoms with E-state index in [1.165, 1.54) is 117 Å². The fraction of sp³-hybridized carbons (Fsp3) is 0.104. The topological polar surface area (TPSA) is 6.48 Å². The number of thiophene rings is 1. The number of anilines is 6. The lowest BCUT2D eigenvalue weighted by Crippen LogP contribution is -2.34. The van der Waals surface area contributed by atoms with E-state index in [2.05, 4.69) is 252 Å². The van der Waals surface area contributed by atoms with E-state index >= 15 is 0 Å². The van der Waals surface area contributed by atoms with Crippen LogP contribution in [0.5, 0.6) is 0 Å². The molecule has 0 bridgehead atoms. The third-order valence-corrected chi connectivity index (χ3v) is 17.1. The van der Waals surface area contributed by atoms with E-state index in [-0.39, 0.29) is 5.41 Å². The average molecular weight is 915 g/mol. The van der Waals surface area contributed by atoms with Crippen LogP contribution in [0, 0.1) is 11.8 Å². The molecule has 11 aromatic rings. The fourth-order valence-corrected chi connectivity index (χ4v) is 14.4. The Morgan fingerprint density at radius 2 is 0.814 bits per heavy atom. The van der Waals surface area contributed by atoms with Gasteiger partial charge in [0, 0.05) is 48.3 Å². The van der Waals surface area contributed by atoms with Crippen LogP contribution in [-0.4, -0.2) is 0 Å².